The lowest BCUT2D eigenvalue weighted by Gasteiger charge is -2.22. The van der Waals surface area contributed by atoms with Crippen molar-refractivity contribution in [2.45, 2.75) is 12.7 Å². The zero-order chi connectivity index (χ0) is 11.7. The average molecular weight is 224 g/mol. The monoisotopic (exact) mass is 224 g/mol. The highest BCUT2D eigenvalue weighted by molar-refractivity contribution is 5.78. The Hall–Kier alpha value is -1.75. The molecular formula is C11H12O5. The van der Waals surface area contributed by atoms with Crippen LogP contribution in [0.1, 0.15) is 17.2 Å². The second-order valence-electron chi connectivity index (χ2n) is 3.42. The summed E-state index contributed by atoms with van der Waals surface area (Å²) in [5.41, 5.74) is 1.23. The largest absolute Gasteiger partial charge is 0.493 e. The number of esters is 1. The predicted octanol–water partition coefficient (Wildman–Crippen LogP) is 0.794. The quantitative estimate of drug-likeness (QED) is 0.752. The van der Waals surface area contributed by atoms with Crippen LogP contribution in [0, 0.1) is 0 Å². The molecule has 0 saturated carbocycles. The summed E-state index contributed by atoms with van der Waals surface area (Å²) in [6, 6.07) is 3.29. The minimum absolute atomic E-state index is 0.144. The van der Waals surface area contributed by atoms with Crippen molar-refractivity contribution >= 4 is 5.97 Å². The van der Waals surface area contributed by atoms with Gasteiger partial charge >= 0.3 is 5.97 Å². The van der Waals surface area contributed by atoms with Gasteiger partial charge in [-0.1, -0.05) is 0 Å². The molecule has 0 spiro atoms. The number of hydrogen-bond donors (Lipinski definition) is 1. The van der Waals surface area contributed by atoms with Crippen molar-refractivity contribution in [1.29, 1.82) is 0 Å². The molecule has 5 nitrogen and oxygen atoms in total. The number of hydrogen-bond acceptors (Lipinski definition) is 5. The van der Waals surface area contributed by atoms with Crippen LogP contribution in [-0.4, -0.2) is 25.3 Å². The standard InChI is InChI=1S/C11H12O5/c1-14-8-3-6-5-16-11(13)10(12)7(6)4-9(8)15-2/h3-4,10,12H,5H2,1-2H3. The van der Waals surface area contributed by atoms with Crippen molar-refractivity contribution < 1.29 is 24.1 Å². The van der Waals surface area contributed by atoms with E-state index in [1.165, 1.54) is 14.2 Å². The number of carbonyl (C=O) groups is 1. The van der Waals surface area contributed by atoms with Crippen molar-refractivity contribution in [1.82, 2.24) is 0 Å². The van der Waals surface area contributed by atoms with Gasteiger partial charge in [-0.05, 0) is 17.7 Å². The van der Waals surface area contributed by atoms with Crippen LogP contribution in [0.4, 0.5) is 0 Å². The third-order valence-corrected chi connectivity index (χ3v) is 2.53. The molecule has 16 heavy (non-hydrogen) atoms. The van der Waals surface area contributed by atoms with E-state index in [0.29, 0.717) is 17.1 Å². The minimum atomic E-state index is -1.25. The van der Waals surface area contributed by atoms with Crippen LogP contribution in [-0.2, 0) is 16.1 Å². The third kappa shape index (κ3) is 1.59. The number of benzene rings is 1. The van der Waals surface area contributed by atoms with Gasteiger partial charge < -0.3 is 19.3 Å². The van der Waals surface area contributed by atoms with Crippen molar-refractivity contribution in [3.63, 3.8) is 0 Å². The number of rotatable bonds is 2. The maximum Gasteiger partial charge on any atom is 0.340 e. The normalized spacial score (nSPS) is 18.7. The van der Waals surface area contributed by atoms with Gasteiger partial charge in [0, 0.05) is 5.56 Å². The van der Waals surface area contributed by atoms with Gasteiger partial charge in [-0.2, -0.15) is 0 Å². The molecule has 1 unspecified atom stereocenters. The summed E-state index contributed by atoms with van der Waals surface area (Å²) in [5.74, 6) is 0.390. The summed E-state index contributed by atoms with van der Waals surface area (Å²) in [5, 5.41) is 9.64. The number of cyclic esters (lactones) is 1. The number of aliphatic hydroxyl groups is 1. The first-order valence-electron chi connectivity index (χ1n) is 4.77. The minimum Gasteiger partial charge on any atom is -0.493 e. The Bertz CT molecular complexity index is 427. The Labute approximate surface area is 92.5 Å². The van der Waals surface area contributed by atoms with Gasteiger partial charge in [-0.3, -0.25) is 0 Å². The van der Waals surface area contributed by atoms with Gasteiger partial charge in [0.1, 0.15) is 6.61 Å². The summed E-state index contributed by atoms with van der Waals surface area (Å²) < 4.78 is 15.0. The second kappa shape index (κ2) is 4.02. The summed E-state index contributed by atoms with van der Waals surface area (Å²) >= 11 is 0. The van der Waals surface area contributed by atoms with Gasteiger partial charge in [-0.15, -0.1) is 0 Å². The molecule has 0 aliphatic carbocycles. The molecule has 5 heteroatoms. The average Bonchev–Trinajstić information content (AvgIpc) is 2.32. The fourth-order valence-corrected chi connectivity index (χ4v) is 1.67. The van der Waals surface area contributed by atoms with Crippen molar-refractivity contribution in [3.8, 4) is 11.5 Å². The molecule has 2 rings (SSSR count). The molecule has 0 aromatic heterocycles. The molecule has 86 valence electrons. The molecule has 0 radical (unpaired) electrons. The van der Waals surface area contributed by atoms with E-state index in [1.54, 1.807) is 12.1 Å². The number of fused-ring (bicyclic) bond motifs is 1. The van der Waals surface area contributed by atoms with E-state index in [9.17, 15) is 9.90 Å². The number of carbonyl (C=O) groups excluding carboxylic acids is 1. The molecule has 1 aromatic rings. The van der Waals surface area contributed by atoms with E-state index in [2.05, 4.69) is 0 Å². The smallest absolute Gasteiger partial charge is 0.340 e. The van der Waals surface area contributed by atoms with Crippen LogP contribution in [0.5, 0.6) is 11.5 Å². The van der Waals surface area contributed by atoms with Crippen LogP contribution in [0.3, 0.4) is 0 Å². The zero-order valence-corrected chi connectivity index (χ0v) is 9.02. The van der Waals surface area contributed by atoms with Gasteiger partial charge in [0.25, 0.3) is 0 Å². The predicted molar refractivity (Wildman–Crippen MR) is 54.3 cm³/mol. The van der Waals surface area contributed by atoms with Gasteiger partial charge in [0.15, 0.2) is 17.6 Å². The van der Waals surface area contributed by atoms with Crippen LogP contribution in [0.15, 0.2) is 12.1 Å². The van der Waals surface area contributed by atoms with E-state index in [0.717, 1.165) is 5.56 Å². The topological polar surface area (TPSA) is 65.0 Å². The Morgan fingerprint density at radius 1 is 1.31 bits per heavy atom. The maximum atomic E-state index is 11.2. The lowest BCUT2D eigenvalue weighted by atomic mass is 10.00. The van der Waals surface area contributed by atoms with Gasteiger partial charge in [0.05, 0.1) is 14.2 Å². The van der Waals surface area contributed by atoms with Crippen molar-refractivity contribution in [3.05, 3.63) is 23.3 Å². The van der Waals surface area contributed by atoms with Crippen molar-refractivity contribution in [2.24, 2.45) is 0 Å². The Morgan fingerprint density at radius 2 is 1.94 bits per heavy atom. The summed E-state index contributed by atoms with van der Waals surface area (Å²) in [7, 11) is 3.02. The molecule has 0 saturated heterocycles. The third-order valence-electron chi connectivity index (χ3n) is 2.53. The molecule has 1 aliphatic rings. The Balaban J connectivity index is 2.52. The first-order valence-corrected chi connectivity index (χ1v) is 4.77. The maximum absolute atomic E-state index is 11.2. The number of ether oxygens (including phenoxy) is 3. The number of aliphatic hydroxyl groups excluding tert-OH is 1. The first-order chi connectivity index (χ1) is 7.67. The van der Waals surface area contributed by atoms with E-state index >= 15 is 0 Å². The summed E-state index contributed by atoms with van der Waals surface area (Å²) in [4.78, 5) is 11.2. The van der Waals surface area contributed by atoms with Crippen LogP contribution in [0.25, 0.3) is 0 Å². The molecule has 0 bridgehead atoms. The highest BCUT2D eigenvalue weighted by Gasteiger charge is 2.28. The van der Waals surface area contributed by atoms with E-state index in [4.69, 9.17) is 14.2 Å². The van der Waals surface area contributed by atoms with Crippen LogP contribution in [0.2, 0.25) is 0 Å². The SMILES string of the molecule is COc1cc2c(cc1OC)C(O)C(=O)OC2. The van der Waals surface area contributed by atoms with E-state index in [1.807, 2.05) is 0 Å². The van der Waals surface area contributed by atoms with Crippen LogP contribution >= 0.6 is 0 Å². The molecule has 0 amide bonds. The molecular weight excluding hydrogens is 212 g/mol. The molecule has 1 atom stereocenters. The molecule has 1 aliphatic heterocycles. The van der Waals surface area contributed by atoms with Gasteiger partial charge in [0.2, 0.25) is 0 Å². The lowest BCUT2D eigenvalue weighted by Crippen LogP contribution is -2.22. The summed E-state index contributed by atoms with van der Waals surface area (Å²) in [6.45, 7) is 0.144. The Kier molecular flexibility index (Phi) is 2.70. The highest BCUT2D eigenvalue weighted by atomic mass is 16.5. The number of methoxy groups -OCH3 is 2. The Morgan fingerprint density at radius 3 is 2.56 bits per heavy atom. The molecule has 1 heterocycles. The summed E-state index contributed by atoms with van der Waals surface area (Å²) in [6.07, 6.45) is -1.25. The molecule has 0 fully saturated rings. The first kappa shape index (κ1) is 10.8. The molecule has 1 aromatic carbocycles. The molecule has 1 N–H and O–H groups in total. The highest BCUT2D eigenvalue weighted by Crippen LogP contribution is 2.36. The zero-order valence-electron chi connectivity index (χ0n) is 9.02. The van der Waals surface area contributed by atoms with Gasteiger partial charge in [-0.25, -0.2) is 4.79 Å². The van der Waals surface area contributed by atoms with E-state index < -0.39 is 12.1 Å². The lowest BCUT2D eigenvalue weighted by molar-refractivity contribution is -0.157. The van der Waals surface area contributed by atoms with Crippen LogP contribution < -0.4 is 9.47 Å². The fraction of sp³-hybridized carbons (Fsp3) is 0.364. The second-order valence-corrected chi connectivity index (χ2v) is 3.42. The van der Waals surface area contributed by atoms with Crippen molar-refractivity contribution in [2.75, 3.05) is 14.2 Å². The fourth-order valence-electron chi connectivity index (χ4n) is 1.67. The van der Waals surface area contributed by atoms with E-state index in [-0.39, 0.29) is 6.61 Å².